The fraction of sp³-hybridized carbons (Fsp3) is 0.696. The van der Waals surface area contributed by atoms with Crippen LogP contribution < -0.4 is 9.47 Å². The Kier molecular flexibility index (Phi) is 17.8. The highest BCUT2D eigenvalue weighted by molar-refractivity contribution is 6.78. The summed E-state index contributed by atoms with van der Waals surface area (Å²) >= 11 is 0. The van der Waals surface area contributed by atoms with Gasteiger partial charge in [0.05, 0.1) is 59.9 Å². The maximum Gasteiger partial charge on any atom is 0.192 e. The minimum atomic E-state index is -2.04. The summed E-state index contributed by atoms with van der Waals surface area (Å²) in [6, 6.07) is 16.1. The zero-order chi connectivity index (χ0) is 41.3. The molecule has 9 heteroatoms. The number of benzene rings is 2. The van der Waals surface area contributed by atoms with Gasteiger partial charge < -0.3 is 33.2 Å². The van der Waals surface area contributed by atoms with Gasteiger partial charge in [0.15, 0.2) is 14.6 Å². The van der Waals surface area contributed by atoms with Gasteiger partial charge in [0.25, 0.3) is 0 Å². The summed E-state index contributed by atoms with van der Waals surface area (Å²) in [6.45, 7) is 35.3. The van der Waals surface area contributed by atoms with Crippen molar-refractivity contribution in [3.8, 4) is 11.5 Å². The molecule has 312 valence electrons. The Morgan fingerprint density at radius 3 is 1.93 bits per heavy atom. The molecule has 1 fully saturated rings. The van der Waals surface area contributed by atoms with Crippen molar-refractivity contribution in [2.45, 2.75) is 155 Å². The van der Waals surface area contributed by atoms with Crippen molar-refractivity contribution < 1.29 is 33.2 Å². The molecule has 0 bridgehead atoms. The molecule has 1 saturated heterocycles. The second-order valence-electron chi connectivity index (χ2n) is 19.3. The Morgan fingerprint density at radius 1 is 0.855 bits per heavy atom. The van der Waals surface area contributed by atoms with E-state index in [2.05, 4.69) is 107 Å². The summed E-state index contributed by atoms with van der Waals surface area (Å²) < 4.78 is 37.9. The van der Waals surface area contributed by atoms with E-state index in [-0.39, 0.29) is 46.6 Å². The van der Waals surface area contributed by atoms with E-state index in [4.69, 9.17) is 28.1 Å². The van der Waals surface area contributed by atoms with Crippen LogP contribution in [0.2, 0.25) is 43.3 Å². The van der Waals surface area contributed by atoms with Gasteiger partial charge in [-0.2, -0.15) is 0 Å². The third-order valence-corrected chi connectivity index (χ3v) is 19.7. The summed E-state index contributed by atoms with van der Waals surface area (Å²) in [6.07, 6.45) is 3.81. The van der Waals surface area contributed by atoms with Gasteiger partial charge in [0, 0.05) is 23.3 Å². The zero-order valence-corrected chi connectivity index (χ0v) is 39.2. The predicted molar refractivity (Wildman–Crippen MR) is 233 cm³/mol. The van der Waals surface area contributed by atoms with Gasteiger partial charge in [-0.3, -0.25) is 0 Å². The van der Waals surface area contributed by atoms with Gasteiger partial charge in [0.1, 0.15) is 11.5 Å². The lowest BCUT2D eigenvalue weighted by molar-refractivity contribution is -0.286. The van der Waals surface area contributed by atoms with Crippen LogP contribution in [0.1, 0.15) is 92.1 Å². The molecule has 55 heavy (non-hydrogen) atoms. The smallest absolute Gasteiger partial charge is 0.192 e. The molecular weight excluding hydrogens is 721 g/mol. The summed E-state index contributed by atoms with van der Waals surface area (Å²) in [5.41, 5.74) is 2.17. The van der Waals surface area contributed by atoms with E-state index in [0.29, 0.717) is 25.0 Å². The summed E-state index contributed by atoms with van der Waals surface area (Å²) in [5, 5.41) is 11.9. The van der Waals surface area contributed by atoms with E-state index in [1.807, 2.05) is 42.5 Å². The van der Waals surface area contributed by atoms with Crippen molar-refractivity contribution in [2.75, 3.05) is 20.8 Å². The predicted octanol–water partition coefficient (Wildman–Crippen LogP) is 11.7. The molecule has 0 aromatic heterocycles. The average molecular weight is 799 g/mol. The number of aliphatic hydroxyl groups excluding tert-OH is 1. The van der Waals surface area contributed by atoms with Gasteiger partial charge in [-0.15, -0.1) is 6.58 Å². The highest BCUT2D eigenvalue weighted by Gasteiger charge is 2.45. The first kappa shape index (κ1) is 47.4. The van der Waals surface area contributed by atoms with Gasteiger partial charge >= 0.3 is 0 Å². The minimum Gasteiger partial charge on any atom is -0.497 e. The Bertz CT molecular complexity index is 1420. The van der Waals surface area contributed by atoms with E-state index in [9.17, 15) is 5.11 Å². The lowest BCUT2D eigenvalue weighted by Crippen LogP contribution is -2.50. The molecule has 0 saturated carbocycles. The van der Waals surface area contributed by atoms with Crippen LogP contribution >= 0.6 is 0 Å². The second kappa shape index (κ2) is 20.6. The Morgan fingerprint density at radius 2 is 1.42 bits per heavy atom. The van der Waals surface area contributed by atoms with Crippen LogP contribution in [0.25, 0.3) is 0 Å². The minimum absolute atomic E-state index is 0.0168. The highest BCUT2D eigenvalue weighted by Crippen LogP contribution is 2.43. The van der Waals surface area contributed by atoms with Crippen LogP contribution in [0.3, 0.4) is 0 Å². The molecule has 1 aliphatic heterocycles. The largest absolute Gasteiger partial charge is 0.497 e. The average Bonchev–Trinajstić information content (AvgIpc) is 3.12. The van der Waals surface area contributed by atoms with Crippen molar-refractivity contribution in [1.29, 1.82) is 0 Å². The third kappa shape index (κ3) is 13.3. The number of methoxy groups -OCH3 is 2. The molecule has 2 aromatic rings. The fourth-order valence-electron chi connectivity index (χ4n) is 8.00. The molecule has 1 N–H and O–H groups in total. The lowest BCUT2D eigenvalue weighted by Gasteiger charge is -2.46. The molecule has 0 radical (unpaired) electrons. The first-order chi connectivity index (χ1) is 25.6. The van der Waals surface area contributed by atoms with Crippen molar-refractivity contribution in [2.24, 2.45) is 29.6 Å². The summed E-state index contributed by atoms with van der Waals surface area (Å²) in [4.78, 5) is 0. The summed E-state index contributed by atoms with van der Waals surface area (Å²) in [7, 11) is -0.391. The number of rotatable bonds is 21. The lowest BCUT2D eigenvalue weighted by atomic mass is 9.80. The van der Waals surface area contributed by atoms with Crippen LogP contribution in [0.4, 0.5) is 0 Å². The topological polar surface area (TPSA) is 75.6 Å². The van der Waals surface area contributed by atoms with E-state index in [0.717, 1.165) is 41.9 Å². The standard InChI is InChI=1S/C46H78O7Si2/c1-17-41(54(12,13)14)42(47)35(6)44-34(5)40(51-45(52-44)37-21-25-39(49-11)26-22-37)27-18-31(2)28-32(3)43(53-55(15,16)46(7,8)9)33(4)29-50-30-36-19-23-38(48-10)24-20-36/h17,19-26,31-35,40-45,47H,1,18,27-30H2,2-16H3/t31-,32+,33+,34+,35+,40-,41-,42+,43-,44-,45-/m1/s1. The normalized spacial score (nSPS) is 23.6. The Hall–Kier alpha value is -1.99. The first-order valence-electron chi connectivity index (χ1n) is 20.8. The van der Waals surface area contributed by atoms with E-state index >= 15 is 0 Å². The van der Waals surface area contributed by atoms with Crippen molar-refractivity contribution >= 4 is 16.4 Å². The van der Waals surface area contributed by atoms with Crippen molar-refractivity contribution in [1.82, 2.24) is 0 Å². The Labute approximate surface area is 338 Å². The van der Waals surface area contributed by atoms with Crippen LogP contribution in [0, 0.1) is 29.6 Å². The van der Waals surface area contributed by atoms with Crippen LogP contribution in [-0.2, 0) is 25.2 Å². The molecule has 7 nitrogen and oxygen atoms in total. The zero-order valence-electron chi connectivity index (χ0n) is 37.2. The molecule has 0 aliphatic carbocycles. The van der Waals surface area contributed by atoms with Gasteiger partial charge in [-0.1, -0.05) is 105 Å². The van der Waals surface area contributed by atoms with E-state index in [1.54, 1.807) is 14.2 Å². The number of ether oxygens (including phenoxy) is 5. The molecule has 0 amide bonds. The first-order valence-corrected chi connectivity index (χ1v) is 27.3. The third-order valence-electron chi connectivity index (χ3n) is 12.6. The Balaban J connectivity index is 1.76. The highest BCUT2D eigenvalue weighted by atomic mass is 28.4. The van der Waals surface area contributed by atoms with Crippen LogP contribution in [-0.4, -0.2) is 66.7 Å². The van der Waals surface area contributed by atoms with E-state index < -0.39 is 28.8 Å². The fourth-order valence-corrected chi connectivity index (χ4v) is 11.5. The second-order valence-corrected chi connectivity index (χ2v) is 29.5. The van der Waals surface area contributed by atoms with Gasteiger partial charge in [-0.05, 0) is 84.6 Å². The molecule has 11 atom stereocenters. The van der Waals surface area contributed by atoms with Crippen molar-refractivity contribution in [3.05, 3.63) is 72.3 Å². The van der Waals surface area contributed by atoms with Gasteiger partial charge in [-0.25, -0.2) is 0 Å². The SMILES string of the molecule is C=C[C@H]([C@@H](O)[C@H](C)[C@@H]1O[C@H](c2ccc(OC)cc2)O[C@H](CC[C@@H](C)C[C@H](C)[C@@H](O[Si](C)(C)C(C)(C)C)[C@@H](C)COCc2ccc(OC)cc2)[C@@H]1C)[Si](C)(C)C. The van der Waals surface area contributed by atoms with Crippen LogP contribution in [0.15, 0.2) is 61.2 Å². The number of hydrogen-bond donors (Lipinski definition) is 1. The van der Waals surface area contributed by atoms with E-state index in [1.165, 1.54) is 0 Å². The number of aliphatic hydroxyl groups is 1. The molecule has 1 heterocycles. The molecule has 1 aliphatic rings. The number of hydrogen-bond acceptors (Lipinski definition) is 7. The maximum atomic E-state index is 11.8. The quantitative estimate of drug-likeness (QED) is 0.0995. The molecular formula is C46H78O7Si2. The molecule has 2 aromatic carbocycles. The summed E-state index contributed by atoms with van der Waals surface area (Å²) in [5.74, 6) is 2.72. The monoisotopic (exact) mass is 799 g/mol. The molecule has 3 rings (SSSR count). The molecule has 0 spiro atoms. The maximum absolute atomic E-state index is 11.8. The van der Waals surface area contributed by atoms with Crippen LogP contribution in [0.5, 0.6) is 11.5 Å². The van der Waals surface area contributed by atoms with Gasteiger partial charge in [0.2, 0.25) is 0 Å². The molecule has 0 unspecified atom stereocenters. The van der Waals surface area contributed by atoms with Crippen molar-refractivity contribution in [3.63, 3.8) is 0 Å².